The summed E-state index contributed by atoms with van der Waals surface area (Å²) < 4.78 is 45.0. The van der Waals surface area contributed by atoms with Gasteiger partial charge in [-0.1, -0.05) is 63.8 Å². The van der Waals surface area contributed by atoms with Gasteiger partial charge in [0.2, 0.25) is 0 Å². The van der Waals surface area contributed by atoms with Crippen LogP contribution in [0.5, 0.6) is 0 Å². The number of ether oxygens (including phenoxy) is 2. The molecule has 0 saturated carbocycles. The minimum absolute atomic E-state index is 0. The third-order valence-corrected chi connectivity index (χ3v) is 6.83. The molecule has 0 unspecified atom stereocenters. The molecular weight excluding hydrogens is 543 g/mol. The van der Waals surface area contributed by atoms with Gasteiger partial charge in [-0.3, -0.25) is 0 Å². The predicted molar refractivity (Wildman–Crippen MR) is 149 cm³/mol. The van der Waals surface area contributed by atoms with Gasteiger partial charge in [0.1, 0.15) is 10.1 Å². The first-order valence-corrected chi connectivity index (χ1v) is 15.5. The summed E-state index contributed by atoms with van der Waals surface area (Å²) in [7, 11) is -4.80. The molecule has 0 atom stereocenters. The van der Waals surface area contributed by atoms with Gasteiger partial charge in [-0.15, -0.1) is 0 Å². The molecule has 214 valence electrons. The van der Waals surface area contributed by atoms with E-state index in [-0.39, 0.29) is 75.7 Å². The van der Waals surface area contributed by atoms with Crippen molar-refractivity contribution >= 4 is 22.1 Å². The summed E-state index contributed by atoms with van der Waals surface area (Å²) in [5.41, 5.74) is -0.388. The summed E-state index contributed by atoms with van der Waals surface area (Å²) in [4.78, 5) is 24.7. The van der Waals surface area contributed by atoms with E-state index in [0.717, 1.165) is 69.6 Å². The van der Waals surface area contributed by atoms with Gasteiger partial charge in [0.15, 0.2) is 0 Å². The molecule has 0 aromatic heterocycles. The first-order chi connectivity index (χ1) is 18.3. The smallest absolute Gasteiger partial charge is 0.744 e. The average molecular weight is 589 g/mol. The van der Waals surface area contributed by atoms with Crippen LogP contribution in [-0.2, 0) is 19.6 Å². The molecule has 9 heteroatoms. The normalized spacial score (nSPS) is 11.6. The number of carbonyl (C=O) groups is 2. The molecule has 1 aromatic carbocycles. The molecule has 0 spiro atoms. The number of carbonyl (C=O) groups excluding carboxylic acids is 2. The molecule has 7 nitrogen and oxygen atoms in total. The van der Waals surface area contributed by atoms with Crippen molar-refractivity contribution in [3.8, 4) is 0 Å². The van der Waals surface area contributed by atoms with Crippen molar-refractivity contribution in [2.24, 2.45) is 0 Å². The second-order valence-electron chi connectivity index (χ2n) is 9.36. The van der Waals surface area contributed by atoms with Crippen molar-refractivity contribution in [1.29, 1.82) is 0 Å². The van der Waals surface area contributed by atoms with Crippen molar-refractivity contribution in [2.75, 3.05) is 13.2 Å². The molecule has 0 saturated heterocycles. The fourth-order valence-electron chi connectivity index (χ4n) is 3.71. The first-order valence-electron chi connectivity index (χ1n) is 14.0. The maximum atomic E-state index is 12.7. The Kier molecular flexibility index (Phi) is 23.4. The van der Waals surface area contributed by atoms with Gasteiger partial charge in [-0.25, -0.2) is 18.0 Å². The summed E-state index contributed by atoms with van der Waals surface area (Å²) in [5, 5.41) is 0. The zero-order chi connectivity index (χ0) is 28.1. The molecule has 0 fully saturated rings. The Balaban J connectivity index is 0.0000144. The Hall–Kier alpha value is -0.814. The Labute approximate surface area is 278 Å². The van der Waals surface area contributed by atoms with Crippen molar-refractivity contribution in [3.05, 3.63) is 53.6 Å². The van der Waals surface area contributed by atoms with Crippen LogP contribution in [0.25, 0.3) is 0 Å². The van der Waals surface area contributed by atoms with Gasteiger partial charge in [0, 0.05) is 0 Å². The topological polar surface area (TPSA) is 110 Å². The Morgan fingerprint density at radius 2 is 1.13 bits per heavy atom. The van der Waals surface area contributed by atoms with Crippen molar-refractivity contribution < 1.29 is 83.4 Å². The SMILES string of the molecule is CCCC/C=C/CCCCCOC(=O)c1ccc(S(=O)(=O)[O-])cc1C(=O)OCCCCC/C=C/CCCC.[K+]. The average Bonchev–Trinajstić information content (AvgIpc) is 2.89. The van der Waals surface area contributed by atoms with Gasteiger partial charge >= 0.3 is 63.3 Å². The molecule has 1 rings (SSSR count). The van der Waals surface area contributed by atoms with Gasteiger partial charge in [-0.05, 0) is 82.4 Å². The van der Waals surface area contributed by atoms with Crippen molar-refractivity contribution in [3.63, 3.8) is 0 Å². The maximum Gasteiger partial charge on any atom is 1.00 e. The molecule has 0 N–H and O–H groups in total. The molecule has 0 bridgehead atoms. The minimum atomic E-state index is -4.80. The zero-order valence-corrected chi connectivity index (χ0v) is 28.1. The molecule has 39 heavy (non-hydrogen) atoms. The Bertz CT molecular complexity index is 987. The molecule has 0 aliphatic carbocycles. The number of rotatable bonds is 21. The van der Waals surface area contributed by atoms with E-state index in [1.807, 2.05) is 0 Å². The molecule has 0 heterocycles. The number of esters is 2. The van der Waals surface area contributed by atoms with E-state index in [4.69, 9.17) is 9.47 Å². The predicted octanol–water partition coefficient (Wildman–Crippen LogP) is 4.52. The van der Waals surface area contributed by atoms with E-state index in [0.29, 0.717) is 12.8 Å². The summed E-state index contributed by atoms with van der Waals surface area (Å²) >= 11 is 0. The van der Waals surface area contributed by atoms with Crippen LogP contribution in [0.3, 0.4) is 0 Å². The van der Waals surface area contributed by atoms with Gasteiger partial charge in [0.25, 0.3) is 0 Å². The quantitative estimate of drug-likeness (QED) is 0.0683. The number of unbranched alkanes of at least 4 members (excludes halogenated alkanes) is 10. The van der Waals surface area contributed by atoms with Crippen molar-refractivity contribution in [2.45, 2.75) is 109 Å². The maximum absolute atomic E-state index is 12.7. The summed E-state index contributed by atoms with van der Waals surface area (Å²) in [6, 6.07) is 3.04. The van der Waals surface area contributed by atoms with E-state index in [9.17, 15) is 22.6 Å². The van der Waals surface area contributed by atoms with Gasteiger partial charge in [-0.2, -0.15) is 0 Å². The van der Waals surface area contributed by atoms with Crippen LogP contribution in [-0.4, -0.2) is 38.1 Å². The van der Waals surface area contributed by atoms with Crippen LogP contribution >= 0.6 is 0 Å². The summed E-state index contributed by atoms with van der Waals surface area (Å²) in [6.07, 6.45) is 22.6. The van der Waals surface area contributed by atoms with Gasteiger partial charge in [0.05, 0.1) is 29.2 Å². The number of hydrogen-bond acceptors (Lipinski definition) is 7. The standard InChI is InChI=1S/C30H46O7S.K/c1-3-5-7-9-11-13-15-17-19-23-36-29(31)27-22-21-26(38(33,34)35)25-28(27)30(32)37-24-20-18-16-14-12-10-8-6-4-2;/h9-12,21-22,25H,3-8,13-20,23-24H2,1-2H3,(H,33,34,35);/q;+1/p-1/b11-9+,12-10+;. The van der Waals surface area contributed by atoms with Crippen LogP contribution in [0, 0.1) is 0 Å². The molecule has 0 aliphatic rings. The van der Waals surface area contributed by atoms with Crippen LogP contribution in [0.2, 0.25) is 0 Å². The third kappa shape index (κ3) is 18.3. The van der Waals surface area contributed by atoms with Crippen LogP contribution in [0.1, 0.15) is 124 Å². The molecule has 0 radical (unpaired) electrons. The van der Waals surface area contributed by atoms with Crippen LogP contribution < -0.4 is 51.4 Å². The molecule has 0 aliphatic heterocycles. The number of hydrogen-bond donors (Lipinski definition) is 0. The minimum Gasteiger partial charge on any atom is -0.744 e. The zero-order valence-electron chi connectivity index (χ0n) is 24.1. The number of benzene rings is 1. The van der Waals surface area contributed by atoms with E-state index >= 15 is 0 Å². The second kappa shape index (κ2) is 23.8. The Morgan fingerprint density at radius 1 is 0.692 bits per heavy atom. The molecule has 1 aromatic rings. The monoisotopic (exact) mass is 588 g/mol. The van der Waals surface area contributed by atoms with E-state index in [1.165, 1.54) is 25.7 Å². The molecular formula is C30H45KO7S. The third-order valence-electron chi connectivity index (χ3n) is 6.00. The largest absolute Gasteiger partial charge is 1.00 e. The summed E-state index contributed by atoms with van der Waals surface area (Å²) in [5.74, 6) is -1.60. The Morgan fingerprint density at radius 3 is 1.56 bits per heavy atom. The van der Waals surface area contributed by atoms with E-state index in [2.05, 4.69) is 38.2 Å². The first kappa shape index (κ1) is 38.2. The van der Waals surface area contributed by atoms with Crippen LogP contribution in [0.15, 0.2) is 47.4 Å². The van der Waals surface area contributed by atoms with Crippen LogP contribution in [0.4, 0.5) is 0 Å². The van der Waals surface area contributed by atoms with E-state index in [1.54, 1.807) is 0 Å². The van der Waals surface area contributed by atoms with Gasteiger partial charge < -0.3 is 14.0 Å². The fourth-order valence-corrected chi connectivity index (χ4v) is 4.21. The second-order valence-corrected chi connectivity index (χ2v) is 10.7. The summed E-state index contributed by atoms with van der Waals surface area (Å²) in [6.45, 7) is 4.64. The van der Waals surface area contributed by atoms with Crippen molar-refractivity contribution in [1.82, 2.24) is 0 Å². The fraction of sp³-hybridized carbons (Fsp3) is 0.600. The van der Waals surface area contributed by atoms with E-state index < -0.39 is 27.0 Å². The molecule has 0 amide bonds. The number of allylic oxidation sites excluding steroid dienone is 4.